The van der Waals surface area contributed by atoms with Gasteiger partial charge in [0.05, 0.1) is 6.10 Å². The molecule has 2 rings (SSSR count). The molecule has 0 aliphatic heterocycles. The zero-order valence-corrected chi connectivity index (χ0v) is 16.7. The molecule has 136 valence electrons. The van der Waals surface area contributed by atoms with Crippen molar-refractivity contribution in [1.82, 2.24) is 10.6 Å². The fourth-order valence-corrected chi connectivity index (χ4v) is 2.80. The van der Waals surface area contributed by atoms with Crippen molar-refractivity contribution in [3.8, 4) is 0 Å². The van der Waals surface area contributed by atoms with Crippen LogP contribution in [0.25, 0.3) is 0 Å². The highest BCUT2D eigenvalue weighted by molar-refractivity contribution is 14.0. The predicted octanol–water partition coefficient (Wildman–Crippen LogP) is 3.85. The maximum Gasteiger partial charge on any atom is 0.191 e. The molecule has 0 saturated heterocycles. The maximum absolute atomic E-state index is 13.6. The summed E-state index contributed by atoms with van der Waals surface area (Å²) in [5.74, 6) is 0.488. The summed E-state index contributed by atoms with van der Waals surface area (Å²) in [6.07, 6.45) is 7.77. The Labute approximate surface area is 161 Å². The number of rotatable bonds is 7. The molecule has 1 aliphatic rings. The summed E-state index contributed by atoms with van der Waals surface area (Å²) >= 11 is 0. The van der Waals surface area contributed by atoms with Gasteiger partial charge in [0.2, 0.25) is 0 Å². The second kappa shape index (κ2) is 12.5. The van der Waals surface area contributed by atoms with Gasteiger partial charge in [-0.1, -0.05) is 37.5 Å². The van der Waals surface area contributed by atoms with E-state index >= 15 is 0 Å². The summed E-state index contributed by atoms with van der Waals surface area (Å²) in [7, 11) is 1.72. The summed E-state index contributed by atoms with van der Waals surface area (Å²) in [4.78, 5) is 4.15. The predicted molar refractivity (Wildman–Crippen MR) is 107 cm³/mol. The van der Waals surface area contributed by atoms with Gasteiger partial charge in [-0.25, -0.2) is 4.39 Å². The third-order valence-electron chi connectivity index (χ3n) is 4.15. The van der Waals surface area contributed by atoms with Crippen molar-refractivity contribution in [2.24, 2.45) is 4.99 Å². The fraction of sp³-hybridized carbons (Fsp3) is 0.611. The first-order valence-electron chi connectivity index (χ1n) is 8.59. The van der Waals surface area contributed by atoms with Gasteiger partial charge in [0, 0.05) is 32.3 Å². The van der Waals surface area contributed by atoms with Crippen molar-refractivity contribution < 1.29 is 9.13 Å². The number of ether oxygens (including phenoxy) is 1. The van der Waals surface area contributed by atoms with E-state index in [0.29, 0.717) is 24.2 Å². The van der Waals surface area contributed by atoms with E-state index in [1.54, 1.807) is 19.2 Å². The largest absolute Gasteiger partial charge is 0.378 e. The van der Waals surface area contributed by atoms with Gasteiger partial charge >= 0.3 is 0 Å². The Bertz CT molecular complexity index is 493. The van der Waals surface area contributed by atoms with Crippen LogP contribution < -0.4 is 10.6 Å². The van der Waals surface area contributed by atoms with E-state index < -0.39 is 0 Å². The molecule has 0 aromatic heterocycles. The number of nitrogens with one attached hydrogen (secondary N) is 2. The Balaban J connectivity index is 0.00000288. The van der Waals surface area contributed by atoms with Crippen molar-refractivity contribution in [3.63, 3.8) is 0 Å². The van der Waals surface area contributed by atoms with Gasteiger partial charge in [-0.3, -0.25) is 4.99 Å². The minimum atomic E-state index is -0.198. The highest BCUT2D eigenvalue weighted by Crippen LogP contribution is 2.20. The smallest absolute Gasteiger partial charge is 0.191 e. The molecule has 1 aromatic carbocycles. The molecule has 0 radical (unpaired) electrons. The average molecular weight is 449 g/mol. The van der Waals surface area contributed by atoms with E-state index in [-0.39, 0.29) is 29.8 Å². The summed E-state index contributed by atoms with van der Waals surface area (Å²) in [5.41, 5.74) is 0.635. The molecule has 24 heavy (non-hydrogen) atoms. The lowest BCUT2D eigenvalue weighted by atomic mass is 9.98. The van der Waals surface area contributed by atoms with Gasteiger partial charge in [-0.05, 0) is 25.3 Å². The quantitative estimate of drug-likeness (QED) is 0.288. The molecule has 0 spiro atoms. The molecule has 1 fully saturated rings. The van der Waals surface area contributed by atoms with Crippen LogP contribution in [0, 0.1) is 5.82 Å². The lowest BCUT2D eigenvalue weighted by Crippen LogP contribution is -2.37. The Morgan fingerprint density at radius 1 is 1.21 bits per heavy atom. The standard InChI is InChI=1S/C18H28FN3O.HI/c1-20-18(22-14-15-8-5-6-11-17(15)19)21-12-7-13-23-16-9-3-2-4-10-16;/h5-6,8,11,16H,2-4,7,9-10,12-14H2,1H3,(H2,20,21,22);1H. The molecule has 1 aromatic rings. The lowest BCUT2D eigenvalue weighted by molar-refractivity contribution is 0.0277. The lowest BCUT2D eigenvalue weighted by Gasteiger charge is -2.22. The molecule has 0 heterocycles. The molecule has 0 bridgehead atoms. The van der Waals surface area contributed by atoms with Crippen molar-refractivity contribution in [2.45, 2.75) is 51.2 Å². The van der Waals surface area contributed by atoms with Crippen LogP contribution in [-0.2, 0) is 11.3 Å². The SMILES string of the molecule is CN=C(NCCCOC1CCCCC1)NCc1ccccc1F.I. The summed E-state index contributed by atoms with van der Waals surface area (Å²) in [6.45, 7) is 2.00. The number of guanidine groups is 1. The first-order chi connectivity index (χ1) is 11.3. The van der Waals surface area contributed by atoms with Gasteiger partial charge in [0.15, 0.2) is 5.96 Å². The minimum absolute atomic E-state index is 0. The molecule has 0 amide bonds. The van der Waals surface area contributed by atoms with E-state index in [9.17, 15) is 4.39 Å². The number of hydrogen-bond donors (Lipinski definition) is 2. The Kier molecular flexibility index (Phi) is 11.0. The Morgan fingerprint density at radius 3 is 2.67 bits per heavy atom. The van der Waals surface area contributed by atoms with E-state index in [1.807, 2.05) is 6.07 Å². The monoisotopic (exact) mass is 449 g/mol. The van der Waals surface area contributed by atoms with Crippen LogP contribution in [0.4, 0.5) is 4.39 Å². The zero-order chi connectivity index (χ0) is 16.3. The highest BCUT2D eigenvalue weighted by Gasteiger charge is 2.12. The summed E-state index contributed by atoms with van der Waals surface area (Å²) < 4.78 is 19.4. The van der Waals surface area contributed by atoms with Gasteiger partial charge in [0.1, 0.15) is 5.82 Å². The molecule has 1 saturated carbocycles. The first-order valence-corrected chi connectivity index (χ1v) is 8.59. The van der Waals surface area contributed by atoms with Crippen LogP contribution in [0.5, 0.6) is 0 Å². The molecule has 0 unspecified atom stereocenters. The van der Waals surface area contributed by atoms with Gasteiger partial charge in [-0.15, -0.1) is 24.0 Å². The second-order valence-corrected chi connectivity index (χ2v) is 5.93. The molecular weight excluding hydrogens is 420 g/mol. The minimum Gasteiger partial charge on any atom is -0.378 e. The molecule has 1 aliphatic carbocycles. The fourth-order valence-electron chi connectivity index (χ4n) is 2.80. The number of aliphatic imine (C=N–C) groups is 1. The van der Waals surface area contributed by atoms with Gasteiger partial charge in [0.25, 0.3) is 0 Å². The number of halogens is 2. The van der Waals surface area contributed by atoms with E-state index in [2.05, 4.69) is 15.6 Å². The molecule has 2 N–H and O–H groups in total. The third kappa shape index (κ3) is 7.79. The van der Waals surface area contributed by atoms with Gasteiger partial charge in [-0.2, -0.15) is 0 Å². The third-order valence-corrected chi connectivity index (χ3v) is 4.15. The number of benzene rings is 1. The van der Waals surface area contributed by atoms with Crippen molar-refractivity contribution in [3.05, 3.63) is 35.6 Å². The van der Waals surface area contributed by atoms with Crippen LogP contribution in [0.1, 0.15) is 44.1 Å². The summed E-state index contributed by atoms with van der Waals surface area (Å²) in [6, 6.07) is 6.76. The van der Waals surface area contributed by atoms with Crippen LogP contribution in [0.2, 0.25) is 0 Å². The van der Waals surface area contributed by atoms with Crippen molar-refractivity contribution >= 4 is 29.9 Å². The molecule has 0 atom stereocenters. The highest BCUT2D eigenvalue weighted by atomic mass is 127. The number of hydrogen-bond acceptors (Lipinski definition) is 2. The zero-order valence-electron chi connectivity index (χ0n) is 14.4. The van der Waals surface area contributed by atoms with Gasteiger partial charge < -0.3 is 15.4 Å². The summed E-state index contributed by atoms with van der Waals surface area (Å²) in [5, 5.41) is 6.36. The van der Waals surface area contributed by atoms with Crippen LogP contribution in [0.3, 0.4) is 0 Å². The normalized spacial score (nSPS) is 15.7. The maximum atomic E-state index is 13.6. The van der Waals surface area contributed by atoms with E-state index in [4.69, 9.17) is 4.74 Å². The average Bonchev–Trinajstić information content (AvgIpc) is 2.59. The molecule has 4 nitrogen and oxygen atoms in total. The van der Waals surface area contributed by atoms with Crippen molar-refractivity contribution in [1.29, 1.82) is 0 Å². The molecular formula is C18H29FIN3O. The topological polar surface area (TPSA) is 45.7 Å². The van der Waals surface area contributed by atoms with E-state index in [0.717, 1.165) is 19.6 Å². The first kappa shape index (κ1) is 21.2. The Hall–Kier alpha value is -0.890. The van der Waals surface area contributed by atoms with Crippen LogP contribution in [-0.4, -0.2) is 32.3 Å². The Morgan fingerprint density at radius 2 is 1.96 bits per heavy atom. The number of nitrogens with zero attached hydrogens (tertiary/aromatic N) is 1. The van der Waals surface area contributed by atoms with Crippen LogP contribution >= 0.6 is 24.0 Å². The second-order valence-electron chi connectivity index (χ2n) is 5.93. The van der Waals surface area contributed by atoms with E-state index in [1.165, 1.54) is 38.2 Å². The molecule has 6 heteroatoms. The van der Waals surface area contributed by atoms with Crippen LogP contribution in [0.15, 0.2) is 29.3 Å². The van der Waals surface area contributed by atoms with Crippen molar-refractivity contribution in [2.75, 3.05) is 20.2 Å².